The van der Waals surface area contributed by atoms with E-state index in [9.17, 15) is 9.59 Å². The van der Waals surface area contributed by atoms with Crippen molar-refractivity contribution in [1.29, 1.82) is 0 Å². The molecule has 3 fully saturated rings. The fourth-order valence-corrected chi connectivity index (χ4v) is 4.94. The van der Waals surface area contributed by atoms with Gasteiger partial charge < -0.3 is 15.5 Å². The second kappa shape index (κ2) is 6.80. The van der Waals surface area contributed by atoms with E-state index in [0.717, 1.165) is 38.5 Å². The smallest absolute Gasteiger partial charge is 0.230 e. The van der Waals surface area contributed by atoms with Gasteiger partial charge in [0.15, 0.2) is 0 Å². The van der Waals surface area contributed by atoms with E-state index in [1.165, 1.54) is 12.8 Å². The number of carbonyl (C=O) groups is 2. The Morgan fingerprint density at radius 3 is 2.30 bits per heavy atom. The molecule has 0 aromatic rings. The topological polar surface area (TPSA) is 61.4 Å². The van der Waals surface area contributed by atoms with Crippen LogP contribution in [0.5, 0.6) is 0 Å². The summed E-state index contributed by atoms with van der Waals surface area (Å²) in [5, 5.41) is 6.71. The molecule has 130 valence electrons. The third kappa shape index (κ3) is 3.70. The number of nitrogens with zero attached hydrogens (tertiary/aromatic N) is 1. The Morgan fingerprint density at radius 1 is 1.13 bits per heavy atom. The summed E-state index contributed by atoms with van der Waals surface area (Å²) in [6.07, 6.45) is 9.41. The lowest BCUT2D eigenvalue weighted by molar-refractivity contribution is -0.139. The molecule has 23 heavy (non-hydrogen) atoms. The Morgan fingerprint density at radius 2 is 1.74 bits per heavy atom. The van der Waals surface area contributed by atoms with E-state index in [-0.39, 0.29) is 17.2 Å². The molecular formula is C18H31N3O2. The molecular weight excluding hydrogens is 290 g/mol. The molecule has 2 saturated heterocycles. The summed E-state index contributed by atoms with van der Waals surface area (Å²) in [6, 6.07) is 1.26. The first-order chi connectivity index (χ1) is 11.0. The number of carbonyl (C=O) groups excluding carboxylic acids is 2. The Kier molecular flexibility index (Phi) is 4.95. The second-order valence-electron chi connectivity index (χ2n) is 8.14. The van der Waals surface area contributed by atoms with Crippen LogP contribution in [0.2, 0.25) is 0 Å². The maximum absolute atomic E-state index is 12.5. The van der Waals surface area contributed by atoms with Crippen LogP contribution >= 0.6 is 0 Å². The molecule has 3 aliphatic rings. The number of fused-ring (bicyclic) bond motifs is 2. The molecule has 0 spiro atoms. The van der Waals surface area contributed by atoms with E-state index in [1.807, 2.05) is 14.1 Å². The number of hydrogen-bond donors (Lipinski definition) is 2. The Bertz CT molecular complexity index is 445. The van der Waals surface area contributed by atoms with E-state index in [4.69, 9.17) is 0 Å². The first kappa shape index (κ1) is 16.7. The predicted octanol–water partition coefficient (Wildman–Crippen LogP) is 1.67. The molecule has 2 unspecified atom stereocenters. The zero-order valence-electron chi connectivity index (χ0n) is 14.6. The normalized spacial score (nSPS) is 31.8. The van der Waals surface area contributed by atoms with Crippen molar-refractivity contribution in [2.24, 2.45) is 11.3 Å². The van der Waals surface area contributed by atoms with E-state index in [0.29, 0.717) is 31.0 Å². The summed E-state index contributed by atoms with van der Waals surface area (Å²) in [7, 11) is 3.63. The van der Waals surface area contributed by atoms with Crippen molar-refractivity contribution in [3.05, 3.63) is 0 Å². The lowest BCUT2D eigenvalue weighted by Gasteiger charge is -2.32. The van der Waals surface area contributed by atoms with Gasteiger partial charge in [-0.25, -0.2) is 0 Å². The van der Waals surface area contributed by atoms with Crippen molar-refractivity contribution in [3.63, 3.8) is 0 Å². The molecule has 2 amide bonds. The summed E-state index contributed by atoms with van der Waals surface area (Å²) >= 11 is 0. The van der Waals surface area contributed by atoms with Crippen molar-refractivity contribution in [3.8, 4) is 0 Å². The van der Waals surface area contributed by atoms with Crippen LogP contribution in [0, 0.1) is 11.3 Å². The molecule has 2 aliphatic heterocycles. The SMILES string of the molecule is CN(C)C(=O)C1(CNC(=O)CC2CC3CCC(C2)N3)CCCC1. The maximum Gasteiger partial charge on any atom is 0.230 e. The molecule has 0 radical (unpaired) electrons. The van der Waals surface area contributed by atoms with Gasteiger partial charge in [0.1, 0.15) is 0 Å². The van der Waals surface area contributed by atoms with Crippen LogP contribution in [0.3, 0.4) is 0 Å². The van der Waals surface area contributed by atoms with Crippen molar-refractivity contribution < 1.29 is 9.59 Å². The average molecular weight is 321 g/mol. The Hall–Kier alpha value is -1.10. The number of amides is 2. The fraction of sp³-hybridized carbons (Fsp3) is 0.889. The highest BCUT2D eigenvalue weighted by molar-refractivity contribution is 5.84. The second-order valence-corrected chi connectivity index (χ2v) is 8.14. The van der Waals surface area contributed by atoms with E-state index in [2.05, 4.69) is 10.6 Å². The Balaban J connectivity index is 1.50. The van der Waals surface area contributed by atoms with Crippen LogP contribution < -0.4 is 10.6 Å². The molecule has 5 nitrogen and oxygen atoms in total. The van der Waals surface area contributed by atoms with Crippen LogP contribution in [-0.4, -0.2) is 49.4 Å². The minimum Gasteiger partial charge on any atom is -0.355 e. The van der Waals surface area contributed by atoms with E-state index >= 15 is 0 Å². The van der Waals surface area contributed by atoms with Gasteiger partial charge in [-0.2, -0.15) is 0 Å². The van der Waals surface area contributed by atoms with Crippen LogP contribution in [0.25, 0.3) is 0 Å². The van der Waals surface area contributed by atoms with Gasteiger partial charge in [0.2, 0.25) is 11.8 Å². The third-order valence-corrected chi connectivity index (χ3v) is 6.09. The van der Waals surface area contributed by atoms with Gasteiger partial charge in [0, 0.05) is 39.1 Å². The Labute approximate surface area is 139 Å². The molecule has 5 heteroatoms. The highest BCUT2D eigenvalue weighted by Gasteiger charge is 2.42. The summed E-state index contributed by atoms with van der Waals surface area (Å²) in [4.78, 5) is 26.6. The molecule has 2 bridgehead atoms. The third-order valence-electron chi connectivity index (χ3n) is 6.09. The summed E-state index contributed by atoms with van der Waals surface area (Å²) in [6.45, 7) is 0.515. The summed E-state index contributed by atoms with van der Waals surface area (Å²) < 4.78 is 0. The van der Waals surface area contributed by atoms with Gasteiger partial charge in [-0.3, -0.25) is 9.59 Å². The largest absolute Gasteiger partial charge is 0.355 e. The van der Waals surface area contributed by atoms with Crippen LogP contribution in [-0.2, 0) is 9.59 Å². The monoisotopic (exact) mass is 321 g/mol. The summed E-state index contributed by atoms with van der Waals surface area (Å²) in [5.74, 6) is 0.821. The number of piperidine rings is 1. The lowest BCUT2D eigenvalue weighted by atomic mass is 9.84. The van der Waals surface area contributed by atoms with Gasteiger partial charge in [-0.1, -0.05) is 12.8 Å². The van der Waals surface area contributed by atoms with E-state index in [1.54, 1.807) is 4.90 Å². The van der Waals surface area contributed by atoms with Crippen LogP contribution in [0.15, 0.2) is 0 Å². The fourth-order valence-electron chi connectivity index (χ4n) is 4.94. The van der Waals surface area contributed by atoms with Crippen molar-refractivity contribution in [2.75, 3.05) is 20.6 Å². The molecule has 2 N–H and O–H groups in total. The van der Waals surface area contributed by atoms with Gasteiger partial charge >= 0.3 is 0 Å². The summed E-state index contributed by atoms with van der Waals surface area (Å²) in [5.41, 5.74) is -0.355. The molecule has 3 rings (SSSR count). The lowest BCUT2D eigenvalue weighted by Crippen LogP contribution is -2.47. The number of rotatable bonds is 5. The highest BCUT2D eigenvalue weighted by Crippen LogP contribution is 2.39. The average Bonchev–Trinajstić information content (AvgIpc) is 3.12. The van der Waals surface area contributed by atoms with Gasteiger partial charge in [-0.15, -0.1) is 0 Å². The standard InChI is InChI=1S/C18H31N3O2/c1-21(2)17(23)18(7-3-4-8-18)12-19-16(22)11-13-9-14-5-6-15(10-13)20-14/h13-15,20H,3-12H2,1-2H3,(H,19,22). The number of nitrogens with one attached hydrogen (secondary N) is 2. The van der Waals surface area contributed by atoms with Crippen LogP contribution in [0.1, 0.15) is 57.8 Å². The zero-order valence-corrected chi connectivity index (χ0v) is 14.6. The first-order valence-electron chi connectivity index (χ1n) is 9.23. The van der Waals surface area contributed by atoms with Crippen molar-refractivity contribution in [1.82, 2.24) is 15.5 Å². The molecule has 0 aromatic heterocycles. The minimum absolute atomic E-state index is 0.133. The quantitative estimate of drug-likeness (QED) is 0.810. The van der Waals surface area contributed by atoms with Gasteiger partial charge in [0.25, 0.3) is 0 Å². The van der Waals surface area contributed by atoms with Crippen molar-refractivity contribution >= 4 is 11.8 Å². The minimum atomic E-state index is -0.355. The molecule has 2 atom stereocenters. The first-order valence-corrected chi connectivity index (χ1v) is 9.23. The molecule has 1 saturated carbocycles. The van der Waals surface area contributed by atoms with E-state index < -0.39 is 0 Å². The van der Waals surface area contributed by atoms with Gasteiger partial charge in [-0.05, 0) is 44.4 Å². The van der Waals surface area contributed by atoms with Crippen LogP contribution in [0.4, 0.5) is 0 Å². The van der Waals surface area contributed by atoms with Gasteiger partial charge in [0.05, 0.1) is 5.41 Å². The number of hydrogen-bond acceptors (Lipinski definition) is 3. The van der Waals surface area contributed by atoms with Crippen molar-refractivity contribution in [2.45, 2.75) is 69.9 Å². The zero-order chi connectivity index (χ0) is 16.4. The highest BCUT2D eigenvalue weighted by atomic mass is 16.2. The predicted molar refractivity (Wildman–Crippen MR) is 89.9 cm³/mol. The molecule has 1 aliphatic carbocycles. The molecule has 2 heterocycles. The molecule has 0 aromatic carbocycles. The maximum atomic E-state index is 12.5.